The summed E-state index contributed by atoms with van der Waals surface area (Å²) in [6.45, 7) is 5.25. The number of methoxy groups -OCH3 is 1. The molecule has 0 spiro atoms. The summed E-state index contributed by atoms with van der Waals surface area (Å²) < 4.78 is 5.13. The predicted octanol–water partition coefficient (Wildman–Crippen LogP) is 1.67. The van der Waals surface area contributed by atoms with E-state index in [1.165, 1.54) is 5.56 Å². The van der Waals surface area contributed by atoms with E-state index in [-0.39, 0.29) is 0 Å². The number of rotatable bonds is 5. The molecule has 1 aromatic carbocycles. The Labute approximate surface area is 104 Å². The monoisotopic (exact) mass is 234 g/mol. The summed E-state index contributed by atoms with van der Waals surface area (Å²) in [5, 5.41) is 3.48. The zero-order valence-corrected chi connectivity index (χ0v) is 10.6. The summed E-state index contributed by atoms with van der Waals surface area (Å²) in [4.78, 5) is 2.56. The Kier molecular flexibility index (Phi) is 4.98. The van der Waals surface area contributed by atoms with Gasteiger partial charge in [0.2, 0.25) is 0 Å². The molecule has 0 bridgehead atoms. The average Bonchev–Trinajstić information content (AvgIpc) is 2.41. The maximum Gasteiger partial charge on any atom is 0.0474 e. The van der Waals surface area contributed by atoms with E-state index in [0.717, 1.165) is 39.2 Å². The lowest BCUT2D eigenvalue weighted by atomic mass is 10.0. The quantitative estimate of drug-likeness (QED) is 0.784. The topological polar surface area (TPSA) is 24.5 Å². The molecule has 1 heterocycles. The van der Waals surface area contributed by atoms with Crippen molar-refractivity contribution in [3.8, 4) is 0 Å². The van der Waals surface area contributed by atoms with Gasteiger partial charge < -0.3 is 10.1 Å². The molecular formula is C14H22N2O. The third-order valence-electron chi connectivity index (χ3n) is 3.33. The van der Waals surface area contributed by atoms with Crippen molar-refractivity contribution in [2.75, 3.05) is 39.9 Å². The first kappa shape index (κ1) is 12.6. The van der Waals surface area contributed by atoms with Crippen molar-refractivity contribution in [1.82, 2.24) is 10.2 Å². The fourth-order valence-electron chi connectivity index (χ4n) is 2.43. The molecule has 1 N–H and O–H groups in total. The first-order valence-electron chi connectivity index (χ1n) is 6.40. The second-order valence-electron chi connectivity index (χ2n) is 4.51. The van der Waals surface area contributed by atoms with Crippen LogP contribution in [0.5, 0.6) is 0 Å². The highest BCUT2D eigenvalue weighted by molar-refractivity contribution is 5.20. The lowest BCUT2D eigenvalue weighted by Gasteiger charge is -2.36. The second kappa shape index (κ2) is 6.74. The van der Waals surface area contributed by atoms with Crippen molar-refractivity contribution in [1.29, 1.82) is 0 Å². The standard InChI is InChI=1S/C14H22N2O/c1-17-11-5-9-16-10-8-15-12-14(16)13-6-3-2-4-7-13/h2-4,6-7,14-15H,5,8-12H2,1H3. The molecule has 0 saturated carbocycles. The van der Waals surface area contributed by atoms with Crippen LogP contribution < -0.4 is 5.32 Å². The second-order valence-corrected chi connectivity index (χ2v) is 4.51. The van der Waals surface area contributed by atoms with E-state index in [0.29, 0.717) is 6.04 Å². The van der Waals surface area contributed by atoms with Crippen molar-refractivity contribution in [3.63, 3.8) is 0 Å². The molecule has 1 unspecified atom stereocenters. The van der Waals surface area contributed by atoms with Crippen LogP contribution in [-0.2, 0) is 4.74 Å². The summed E-state index contributed by atoms with van der Waals surface area (Å²) >= 11 is 0. The van der Waals surface area contributed by atoms with Crippen LogP contribution in [0, 0.1) is 0 Å². The highest BCUT2D eigenvalue weighted by Gasteiger charge is 2.22. The molecule has 0 amide bonds. The van der Waals surface area contributed by atoms with E-state index >= 15 is 0 Å². The lowest BCUT2D eigenvalue weighted by Crippen LogP contribution is -2.46. The normalized spacial score (nSPS) is 21.6. The Balaban J connectivity index is 1.97. The molecule has 1 aliphatic heterocycles. The first-order chi connectivity index (χ1) is 8.42. The third-order valence-corrected chi connectivity index (χ3v) is 3.33. The Morgan fingerprint density at radius 2 is 2.18 bits per heavy atom. The van der Waals surface area contributed by atoms with Gasteiger partial charge in [-0.15, -0.1) is 0 Å². The average molecular weight is 234 g/mol. The summed E-state index contributed by atoms with van der Waals surface area (Å²) in [7, 11) is 1.77. The summed E-state index contributed by atoms with van der Waals surface area (Å²) in [6.07, 6.45) is 1.11. The van der Waals surface area contributed by atoms with Crippen molar-refractivity contribution in [3.05, 3.63) is 35.9 Å². The van der Waals surface area contributed by atoms with Crippen LogP contribution in [0.1, 0.15) is 18.0 Å². The number of hydrogen-bond acceptors (Lipinski definition) is 3. The molecule has 2 rings (SSSR count). The van der Waals surface area contributed by atoms with Crippen LogP contribution in [0.2, 0.25) is 0 Å². The Morgan fingerprint density at radius 3 is 2.94 bits per heavy atom. The van der Waals surface area contributed by atoms with Crippen LogP contribution in [0.25, 0.3) is 0 Å². The number of nitrogens with zero attached hydrogens (tertiary/aromatic N) is 1. The SMILES string of the molecule is COCCCN1CCNCC1c1ccccc1. The lowest BCUT2D eigenvalue weighted by molar-refractivity contribution is 0.131. The molecule has 1 aromatic rings. The number of benzene rings is 1. The van der Waals surface area contributed by atoms with Gasteiger partial charge in [-0.1, -0.05) is 30.3 Å². The molecule has 1 aliphatic rings. The predicted molar refractivity (Wildman–Crippen MR) is 70.1 cm³/mol. The Bertz CT molecular complexity index is 315. The third kappa shape index (κ3) is 3.53. The fourth-order valence-corrected chi connectivity index (χ4v) is 2.43. The molecule has 17 heavy (non-hydrogen) atoms. The van der Waals surface area contributed by atoms with E-state index in [2.05, 4.69) is 40.5 Å². The fraction of sp³-hybridized carbons (Fsp3) is 0.571. The van der Waals surface area contributed by atoms with Crippen molar-refractivity contribution in [2.45, 2.75) is 12.5 Å². The smallest absolute Gasteiger partial charge is 0.0474 e. The van der Waals surface area contributed by atoms with Gasteiger partial charge in [-0.2, -0.15) is 0 Å². The van der Waals surface area contributed by atoms with Crippen LogP contribution in [0.3, 0.4) is 0 Å². The van der Waals surface area contributed by atoms with Crippen LogP contribution in [0.4, 0.5) is 0 Å². The number of nitrogens with one attached hydrogen (secondary N) is 1. The maximum absolute atomic E-state index is 5.13. The summed E-state index contributed by atoms with van der Waals surface area (Å²) in [6, 6.07) is 11.3. The molecule has 1 saturated heterocycles. The van der Waals surface area contributed by atoms with Crippen molar-refractivity contribution >= 4 is 0 Å². The molecule has 3 heteroatoms. The van der Waals surface area contributed by atoms with E-state index < -0.39 is 0 Å². The van der Waals surface area contributed by atoms with Gasteiger partial charge in [0.25, 0.3) is 0 Å². The number of piperazine rings is 1. The molecule has 0 radical (unpaired) electrons. The summed E-state index contributed by atoms with van der Waals surface area (Å²) in [5.41, 5.74) is 1.41. The molecule has 0 aliphatic carbocycles. The van der Waals surface area contributed by atoms with Gasteiger partial charge in [0, 0.05) is 45.9 Å². The summed E-state index contributed by atoms with van der Waals surface area (Å²) in [5.74, 6) is 0. The first-order valence-corrected chi connectivity index (χ1v) is 6.40. The molecule has 1 atom stereocenters. The van der Waals surface area contributed by atoms with E-state index in [1.807, 2.05) is 0 Å². The van der Waals surface area contributed by atoms with Gasteiger partial charge in [-0.3, -0.25) is 4.90 Å². The van der Waals surface area contributed by atoms with Gasteiger partial charge in [0.05, 0.1) is 0 Å². The Hall–Kier alpha value is -0.900. The highest BCUT2D eigenvalue weighted by Crippen LogP contribution is 2.21. The molecule has 3 nitrogen and oxygen atoms in total. The van der Waals surface area contributed by atoms with Gasteiger partial charge in [0.1, 0.15) is 0 Å². The molecular weight excluding hydrogens is 212 g/mol. The zero-order chi connectivity index (χ0) is 11.9. The van der Waals surface area contributed by atoms with Gasteiger partial charge in [-0.25, -0.2) is 0 Å². The van der Waals surface area contributed by atoms with Crippen molar-refractivity contribution in [2.24, 2.45) is 0 Å². The minimum Gasteiger partial charge on any atom is -0.385 e. The molecule has 94 valence electrons. The van der Waals surface area contributed by atoms with Crippen molar-refractivity contribution < 1.29 is 4.74 Å². The zero-order valence-electron chi connectivity index (χ0n) is 10.6. The number of hydrogen-bond donors (Lipinski definition) is 1. The van der Waals surface area contributed by atoms with E-state index in [9.17, 15) is 0 Å². The van der Waals surface area contributed by atoms with Gasteiger partial charge in [0.15, 0.2) is 0 Å². The van der Waals surface area contributed by atoms with E-state index in [4.69, 9.17) is 4.74 Å². The van der Waals surface area contributed by atoms with Crippen LogP contribution in [0.15, 0.2) is 30.3 Å². The minimum atomic E-state index is 0.516. The number of ether oxygens (including phenoxy) is 1. The van der Waals surface area contributed by atoms with Gasteiger partial charge >= 0.3 is 0 Å². The van der Waals surface area contributed by atoms with Gasteiger partial charge in [-0.05, 0) is 12.0 Å². The van der Waals surface area contributed by atoms with E-state index in [1.54, 1.807) is 7.11 Å². The van der Waals surface area contributed by atoms with Crippen LogP contribution >= 0.6 is 0 Å². The largest absolute Gasteiger partial charge is 0.385 e. The molecule has 1 fully saturated rings. The maximum atomic E-state index is 5.13. The Morgan fingerprint density at radius 1 is 1.35 bits per heavy atom. The van der Waals surface area contributed by atoms with Crippen LogP contribution in [-0.4, -0.2) is 44.8 Å². The minimum absolute atomic E-state index is 0.516. The highest BCUT2D eigenvalue weighted by atomic mass is 16.5. The molecule has 0 aromatic heterocycles.